The zero-order valence-electron chi connectivity index (χ0n) is 12.1. The molecular weight excluding hydrogens is 254 g/mol. The van der Waals surface area contributed by atoms with E-state index < -0.39 is 5.97 Å². The number of hydrogen-bond donors (Lipinski definition) is 2. The standard InChI is InChI=1S/C16H23NO3/c1-4-9-17-14(11-16(18)19)10-13-5-7-15(8-6-13)20-12(2)3/h4-8,12,14,17H,1,9-11H2,2-3H3,(H,18,19). The van der Waals surface area contributed by atoms with Crippen molar-refractivity contribution in [1.82, 2.24) is 5.32 Å². The van der Waals surface area contributed by atoms with Crippen molar-refractivity contribution in [1.29, 1.82) is 0 Å². The van der Waals surface area contributed by atoms with Crippen LogP contribution in [0.2, 0.25) is 0 Å². The van der Waals surface area contributed by atoms with Gasteiger partial charge in [-0.3, -0.25) is 4.79 Å². The molecule has 1 rings (SSSR count). The van der Waals surface area contributed by atoms with Crippen LogP contribution in [0, 0.1) is 0 Å². The molecule has 4 nitrogen and oxygen atoms in total. The van der Waals surface area contributed by atoms with Gasteiger partial charge in [0.2, 0.25) is 0 Å². The van der Waals surface area contributed by atoms with Gasteiger partial charge in [0, 0.05) is 12.6 Å². The lowest BCUT2D eigenvalue weighted by Gasteiger charge is -2.16. The quantitative estimate of drug-likeness (QED) is 0.681. The summed E-state index contributed by atoms with van der Waals surface area (Å²) in [5, 5.41) is 12.1. The Morgan fingerprint density at radius 1 is 1.40 bits per heavy atom. The van der Waals surface area contributed by atoms with Crippen molar-refractivity contribution >= 4 is 5.97 Å². The molecule has 0 aliphatic carbocycles. The smallest absolute Gasteiger partial charge is 0.304 e. The second kappa shape index (κ2) is 8.38. The van der Waals surface area contributed by atoms with E-state index in [2.05, 4.69) is 11.9 Å². The van der Waals surface area contributed by atoms with E-state index in [1.54, 1.807) is 6.08 Å². The molecule has 1 aromatic carbocycles. The monoisotopic (exact) mass is 277 g/mol. The van der Waals surface area contributed by atoms with Crippen LogP contribution in [-0.2, 0) is 11.2 Å². The van der Waals surface area contributed by atoms with Gasteiger partial charge in [-0.1, -0.05) is 18.2 Å². The summed E-state index contributed by atoms with van der Waals surface area (Å²) >= 11 is 0. The van der Waals surface area contributed by atoms with Gasteiger partial charge in [0.25, 0.3) is 0 Å². The molecule has 0 bridgehead atoms. The molecular formula is C16H23NO3. The number of hydrogen-bond acceptors (Lipinski definition) is 3. The van der Waals surface area contributed by atoms with Gasteiger partial charge in [0.15, 0.2) is 0 Å². The van der Waals surface area contributed by atoms with Crippen molar-refractivity contribution in [3.05, 3.63) is 42.5 Å². The topological polar surface area (TPSA) is 58.6 Å². The van der Waals surface area contributed by atoms with Gasteiger partial charge in [-0.05, 0) is 38.0 Å². The third kappa shape index (κ3) is 6.38. The minimum atomic E-state index is -0.800. The zero-order valence-corrected chi connectivity index (χ0v) is 12.1. The molecule has 0 radical (unpaired) electrons. The third-order valence-corrected chi connectivity index (χ3v) is 2.75. The van der Waals surface area contributed by atoms with Crippen LogP contribution >= 0.6 is 0 Å². The molecule has 1 aromatic rings. The molecule has 4 heteroatoms. The first kappa shape index (κ1) is 16.2. The lowest BCUT2D eigenvalue weighted by molar-refractivity contribution is -0.137. The van der Waals surface area contributed by atoms with Crippen LogP contribution in [0.3, 0.4) is 0 Å². The first-order chi connectivity index (χ1) is 9.51. The van der Waals surface area contributed by atoms with Gasteiger partial charge in [0.1, 0.15) is 5.75 Å². The maximum absolute atomic E-state index is 10.9. The fourth-order valence-corrected chi connectivity index (χ4v) is 1.94. The number of aliphatic carboxylic acids is 1. The van der Waals surface area contributed by atoms with E-state index in [-0.39, 0.29) is 18.6 Å². The van der Waals surface area contributed by atoms with Crippen molar-refractivity contribution in [3.8, 4) is 5.75 Å². The van der Waals surface area contributed by atoms with Crippen molar-refractivity contribution in [2.45, 2.75) is 38.8 Å². The number of nitrogens with one attached hydrogen (secondary N) is 1. The lowest BCUT2D eigenvalue weighted by Crippen LogP contribution is -2.33. The van der Waals surface area contributed by atoms with Crippen LogP contribution in [0.5, 0.6) is 5.75 Å². The molecule has 0 saturated heterocycles. The summed E-state index contributed by atoms with van der Waals surface area (Å²) in [6.07, 6.45) is 2.64. The molecule has 0 aromatic heterocycles. The molecule has 0 amide bonds. The molecule has 2 N–H and O–H groups in total. The predicted octanol–water partition coefficient (Wildman–Crippen LogP) is 2.64. The number of benzene rings is 1. The minimum Gasteiger partial charge on any atom is -0.491 e. The van der Waals surface area contributed by atoms with E-state index in [4.69, 9.17) is 9.84 Å². The Bertz CT molecular complexity index is 426. The van der Waals surface area contributed by atoms with Crippen molar-refractivity contribution < 1.29 is 14.6 Å². The summed E-state index contributed by atoms with van der Waals surface area (Å²) < 4.78 is 5.58. The van der Waals surface area contributed by atoms with Crippen molar-refractivity contribution in [2.75, 3.05) is 6.54 Å². The first-order valence-electron chi connectivity index (χ1n) is 6.83. The third-order valence-electron chi connectivity index (χ3n) is 2.75. The number of carboxylic acid groups (broad SMARTS) is 1. The molecule has 0 saturated carbocycles. The van der Waals surface area contributed by atoms with Crippen LogP contribution in [-0.4, -0.2) is 29.8 Å². The Labute approximate surface area is 120 Å². The largest absolute Gasteiger partial charge is 0.491 e. The lowest BCUT2D eigenvalue weighted by atomic mass is 10.0. The SMILES string of the molecule is C=CCNC(CC(=O)O)Cc1ccc(OC(C)C)cc1. The number of rotatable bonds is 9. The summed E-state index contributed by atoms with van der Waals surface area (Å²) in [4.78, 5) is 10.9. The van der Waals surface area contributed by atoms with Crippen LogP contribution in [0.25, 0.3) is 0 Å². The summed E-state index contributed by atoms with van der Waals surface area (Å²) in [7, 11) is 0. The normalized spacial score (nSPS) is 12.2. The van der Waals surface area contributed by atoms with Crippen LogP contribution in [0.15, 0.2) is 36.9 Å². The molecule has 0 aliphatic rings. The Hall–Kier alpha value is -1.81. The molecule has 0 spiro atoms. The van der Waals surface area contributed by atoms with E-state index in [1.807, 2.05) is 38.1 Å². The Balaban J connectivity index is 2.62. The second-order valence-electron chi connectivity index (χ2n) is 5.01. The van der Waals surface area contributed by atoms with Crippen LogP contribution < -0.4 is 10.1 Å². The summed E-state index contributed by atoms with van der Waals surface area (Å²) in [5.41, 5.74) is 1.09. The van der Waals surface area contributed by atoms with Crippen molar-refractivity contribution in [2.24, 2.45) is 0 Å². The Kier molecular flexibility index (Phi) is 6.81. The van der Waals surface area contributed by atoms with Gasteiger partial charge >= 0.3 is 5.97 Å². The number of carboxylic acids is 1. The van der Waals surface area contributed by atoms with Gasteiger partial charge < -0.3 is 15.2 Å². The van der Waals surface area contributed by atoms with E-state index in [0.717, 1.165) is 11.3 Å². The zero-order chi connectivity index (χ0) is 15.0. The van der Waals surface area contributed by atoms with Gasteiger partial charge in [0.05, 0.1) is 12.5 Å². The van der Waals surface area contributed by atoms with Gasteiger partial charge in [-0.25, -0.2) is 0 Å². The molecule has 0 aliphatic heterocycles. The molecule has 0 fully saturated rings. The van der Waals surface area contributed by atoms with E-state index in [1.165, 1.54) is 0 Å². The Morgan fingerprint density at radius 3 is 2.55 bits per heavy atom. The number of ether oxygens (including phenoxy) is 1. The van der Waals surface area contributed by atoms with E-state index >= 15 is 0 Å². The molecule has 1 unspecified atom stereocenters. The number of carbonyl (C=O) groups is 1. The minimum absolute atomic E-state index is 0.0950. The predicted molar refractivity (Wildman–Crippen MR) is 80.2 cm³/mol. The summed E-state index contributed by atoms with van der Waals surface area (Å²) in [6.45, 7) is 8.20. The van der Waals surface area contributed by atoms with Crippen LogP contribution in [0.1, 0.15) is 25.8 Å². The molecule has 20 heavy (non-hydrogen) atoms. The highest BCUT2D eigenvalue weighted by molar-refractivity contribution is 5.67. The molecule has 110 valence electrons. The Morgan fingerprint density at radius 2 is 2.05 bits per heavy atom. The average molecular weight is 277 g/mol. The maximum atomic E-state index is 10.9. The fraction of sp³-hybridized carbons (Fsp3) is 0.438. The maximum Gasteiger partial charge on any atom is 0.304 e. The fourth-order valence-electron chi connectivity index (χ4n) is 1.94. The second-order valence-corrected chi connectivity index (χ2v) is 5.01. The summed E-state index contributed by atoms with van der Waals surface area (Å²) in [5.74, 6) is 0.0314. The first-order valence-corrected chi connectivity index (χ1v) is 6.83. The van der Waals surface area contributed by atoms with Gasteiger partial charge in [-0.2, -0.15) is 0 Å². The van der Waals surface area contributed by atoms with Crippen molar-refractivity contribution in [3.63, 3.8) is 0 Å². The van der Waals surface area contributed by atoms with E-state index in [9.17, 15) is 4.79 Å². The highest BCUT2D eigenvalue weighted by Crippen LogP contribution is 2.15. The highest BCUT2D eigenvalue weighted by Gasteiger charge is 2.13. The van der Waals surface area contributed by atoms with E-state index in [0.29, 0.717) is 13.0 Å². The highest BCUT2D eigenvalue weighted by atomic mass is 16.5. The van der Waals surface area contributed by atoms with Crippen LogP contribution in [0.4, 0.5) is 0 Å². The summed E-state index contributed by atoms with van der Waals surface area (Å²) in [6, 6.07) is 7.69. The average Bonchev–Trinajstić information content (AvgIpc) is 2.37. The molecule has 1 atom stereocenters. The molecule has 0 heterocycles. The van der Waals surface area contributed by atoms with Gasteiger partial charge in [-0.15, -0.1) is 6.58 Å².